The maximum atomic E-state index is 11.8. The first-order chi connectivity index (χ1) is 8.66. The van der Waals surface area contributed by atoms with Crippen LogP contribution < -0.4 is 11.1 Å². The summed E-state index contributed by atoms with van der Waals surface area (Å²) < 4.78 is 0. The van der Waals surface area contributed by atoms with Crippen LogP contribution >= 0.6 is 0 Å². The molecule has 2 amide bonds. The maximum Gasteiger partial charge on any atom is 0.255 e. The van der Waals surface area contributed by atoms with Crippen molar-refractivity contribution in [2.75, 3.05) is 0 Å². The molecule has 18 heavy (non-hydrogen) atoms. The Morgan fingerprint density at radius 2 is 2.22 bits per heavy atom. The lowest BCUT2D eigenvalue weighted by atomic mass is 9.98. The molecule has 0 saturated heterocycles. The van der Waals surface area contributed by atoms with Crippen LogP contribution in [0.4, 0.5) is 0 Å². The number of nitrogens with two attached hydrogens (primary N) is 1. The highest BCUT2D eigenvalue weighted by Crippen LogP contribution is 2.28. The van der Waals surface area contributed by atoms with Gasteiger partial charge >= 0.3 is 0 Å². The molecule has 0 radical (unpaired) electrons. The smallest absolute Gasteiger partial charge is 0.255 e. The predicted molar refractivity (Wildman–Crippen MR) is 65.6 cm³/mol. The molecule has 0 spiro atoms. The molecule has 0 bridgehead atoms. The van der Waals surface area contributed by atoms with Crippen molar-refractivity contribution in [2.24, 2.45) is 11.7 Å². The van der Waals surface area contributed by atoms with E-state index in [0.717, 1.165) is 12.8 Å². The van der Waals surface area contributed by atoms with Crippen LogP contribution in [0, 0.1) is 5.92 Å². The van der Waals surface area contributed by atoms with E-state index in [9.17, 15) is 9.59 Å². The Morgan fingerprint density at radius 1 is 1.50 bits per heavy atom. The fourth-order valence-corrected chi connectivity index (χ4v) is 2.44. The van der Waals surface area contributed by atoms with Gasteiger partial charge < -0.3 is 11.1 Å². The lowest BCUT2D eigenvalue weighted by molar-refractivity contribution is -0.120. The van der Waals surface area contributed by atoms with Gasteiger partial charge in [-0.05, 0) is 12.3 Å². The van der Waals surface area contributed by atoms with Crippen LogP contribution in [0.1, 0.15) is 42.5 Å². The molecular weight excluding hydrogens is 232 g/mol. The van der Waals surface area contributed by atoms with Gasteiger partial charge in [-0.25, -0.2) is 0 Å². The number of aromatic nitrogens is 2. The third-order valence-electron chi connectivity index (χ3n) is 3.45. The van der Waals surface area contributed by atoms with Gasteiger partial charge in [0.2, 0.25) is 5.91 Å². The highest BCUT2D eigenvalue weighted by molar-refractivity contribution is 5.96. The van der Waals surface area contributed by atoms with Crippen LogP contribution in [0.15, 0.2) is 12.4 Å². The van der Waals surface area contributed by atoms with Crippen molar-refractivity contribution in [1.82, 2.24) is 15.5 Å². The predicted octanol–water partition coefficient (Wildman–Crippen LogP) is 0.574. The number of H-pyrrole nitrogens is 1. The standard InChI is InChI=1S/C12H18N4O2/c13-11(17)10(5-8-3-1-2-4-8)16-12(18)9-6-14-15-7-9/h6-8,10H,1-5H2,(H2,13,17)(H,14,15)(H,16,18)/t10-/m0/s1. The van der Waals surface area contributed by atoms with Crippen LogP contribution in [0.3, 0.4) is 0 Å². The fourth-order valence-electron chi connectivity index (χ4n) is 2.44. The topological polar surface area (TPSA) is 101 Å². The van der Waals surface area contributed by atoms with Gasteiger partial charge in [0.25, 0.3) is 5.91 Å². The summed E-state index contributed by atoms with van der Waals surface area (Å²) in [7, 11) is 0. The zero-order chi connectivity index (χ0) is 13.0. The lowest BCUT2D eigenvalue weighted by Crippen LogP contribution is -2.45. The van der Waals surface area contributed by atoms with Crippen molar-refractivity contribution in [2.45, 2.75) is 38.1 Å². The number of nitrogens with one attached hydrogen (secondary N) is 2. The number of nitrogens with zero attached hydrogens (tertiary/aromatic N) is 1. The van der Waals surface area contributed by atoms with E-state index in [1.807, 2.05) is 0 Å². The zero-order valence-electron chi connectivity index (χ0n) is 10.2. The highest BCUT2D eigenvalue weighted by atomic mass is 16.2. The van der Waals surface area contributed by atoms with Gasteiger partial charge in [-0.2, -0.15) is 5.10 Å². The summed E-state index contributed by atoms with van der Waals surface area (Å²) in [5.41, 5.74) is 5.75. The van der Waals surface area contributed by atoms with Gasteiger partial charge in [0.05, 0.1) is 11.8 Å². The van der Waals surface area contributed by atoms with Crippen molar-refractivity contribution in [1.29, 1.82) is 0 Å². The minimum Gasteiger partial charge on any atom is -0.368 e. The van der Waals surface area contributed by atoms with Gasteiger partial charge in [0, 0.05) is 6.20 Å². The second-order valence-electron chi connectivity index (χ2n) is 4.80. The molecule has 6 heteroatoms. The van der Waals surface area contributed by atoms with Gasteiger partial charge in [-0.15, -0.1) is 0 Å². The average molecular weight is 250 g/mol. The van der Waals surface area contributed by atoms with Crippen LogP contribution in [-0.2, 0) is 4.79 Å². The molecule has 1 heterocycles. The number of amides is 2. The molecule has 2 rings (SSSR count). The SMILES string of the molecule is NC(=O)[C@H](CC1CCCC1)NC(=O)c1cn[nH]c1. The van der Waals surface area contributed by atoms with Gasteiger partial charge in [0.15, 0.2) is 0 Å². The van der Waals surface area contributed by atoms with E-state index in [-0.39, 0.29) is 5.91 Å². The van der Waals surface area contributed by atoms with E-state index >= 15 is 0 Å². The largest absolute Gasteiger partial charge is 0.368 e. The van der Waals surface area contributed by atoms with Crippen LogP contribution in [0.2, 0.25) is 0 Å². The van der Waals surface area contributed by atoms with E-state index in [0.29, 0.717) is 17.9 Å². The molecule has 4 N–H and O–H groups in total. The lowest BCUT2D eigenvalue weighted by Gasteiger charge is -2.18. The molecule has 1 saturated carbocycles. The van der Waals surface area contributed by atoms with Crippen LogP contribution in [-0.4, -0.2) is 28.1 Å². The van der Waals surface area contributed by atoms with E-state index in [1.54, 1.807) is 0 Å². The Kier molecular flexibility index (Phi) is 3.96. The van der Waals surface area contributed by atoms with Crippen molar-refractivity contribution in [3.05, 3.63) is 18.0 Å². The van der Waals surface area contributed by atoms with Crippen molar-refractivity contribution in [3.8, 4) is 0 Å². The molecule has 1 aromatic heterocycles. The Labute approximate surface area is 105 Å². The maximum absolute atomic E-state index is 11.8. The summed E-state index contributed by atoms with van der Waals surface area (Å²) in [4.78, 5) is 23.2. The Morgan fingerprint density at radius 3 is 2.78 bits per heavy atom. The van der Waals surface area contributed by atoms with E-state index in [1.165, 1.54) is 25.2 Å². The number of carbonyl (C=O) groups is 2. The average Bonchev–Trinajstić information content (AvgIpc) is 3.00. The second kappa shape index (κ2) is 5.66. The van der Waals surface area contributed by atoms with E-state index in [4.69, 9.17) is 5.73 Å². The van der Waals surface area contributed by atoms with E-state index in [2.05, 4.69) is 15.5 Å². The summed E-state index contributed by atoms with van der Waals surface area (Å²) in [6.45, 7) is 0. The van der Waals surface area contributed by atoms with Crippen LogP contribution in [0.25, 0.3) is 0 Å². The molecule has 1 aliphatic carbocycles. The number of primary amides is 1. The number of aromatic amines is 1. The molecule has 0 aromatic carbocycles. The van der Waals surface area contributed by atoms with Gasteiger partial charge in [-0.3, -0.25) is 14.7 Å². The van der Waals surface area contributed by atoms with Gasteiger partial charge in [0.1, 0.15) is 6.04 Å². The number of rotatable bonds is 5. The first kappa shape index (κ1) is 12.6. The first-order valence-electron chi connectivity index (χ1n) is 6.26. The minimum absolute atomic E-state index is 0.314. The molecule has 0 aliphatic heterocycles. The van der Waals surface area contributed by atoms with Crippen molar-refractivity contribution >= 4 is 11.8 Å². The van der Waals surface area contributed by atoms with E-state index < -0.39 is 11.9 Å². The van der Waals surface area contributed by atoms with Crippen molar-refractivity contribution < 1.29 is 9.59 Å². The van der Waals surface area contributed by atoms with Crippen molar-refractivity contribution in [3.63, 3.8) is 0 Å². The minimum atomic E-state index is -0.588. The summed E-state index contributed by atoms with van der Waals surface area (Å²) in [6.07, 6.45) is 8.18. The summed E-state index contributed by atoms with van der Waals surface area (Å²) in [5, 5.41) is 8.93. The normalized spacial score (nSPS) is 17.6. The van der Waals surface area contributed by atoms with Crippen LogP contribution in [0.5, 0.6) is 0 Å². The summed E-state index contributed by atoms with van der Waals surface area (Å²) >= 11 is 0. The molecule has 1 aromatic rings. The zero-order valence-corrected chi connectivity index (χ0v) is 10.2. The molecular formula is C12H18N4O2. The fraction of sp³-hybridized carbons (Fsp3) is 0.583. The quantitative estimate of drug-likeness (QED) is 0.712. The number of carbonyl (C=O) groups excluding carboxylic acids is 2. The molecule has 6 nitrogen and oxygen atoms in total. The Bertz CT molecular complexity index is 410. The Hall–Kier alpha value is -1.85. The number of hydrogen-bond acceptors (Lipinski definition) is 3. The third kappa shape index (κ3) is 3.09. The molecule has 1 aliphatic rings. The second-order valence-corrected chi connectivity index (χ2v) is 4.80. The highest BCUT2D eigenvalue weighted by Gasteiger charge is 2.25. The Balaban J connectivity index is 1.93. The summed E-state index contributed by atoms with van der Waals surface area (Å²) in [6, 6.07) is -0.588. The summed E-state index contributed by atoms with van der Waals surface area (Å²) in [5.74, 6) is -0.295. The first-order valence-corrected chi connectivity index (χ1v) is 6.26. The number of hydrogen-bond donors (Lipinski definition) is 3. The third-order valence-corrected chi connectivity index (χ3v) is 3.45. The van der Waals surface area contributed by atoms with Gasteiger partial charge in [-0.1, -0.05) is 25.7 Å². The monoisotopic (exact) mass is 250 g/mol. The molecule has 1 atom stereocenters. The molecule has 0 unspecified atom stereocenters. The molecule has 1 fully saturated rings. The molecule has 98 valence electrons.